The molecule has 0 saturated carbocycles. The number of para-hydroxylation sites is 1. The Bertz CT molecular complexity index is 577. The Hall–Kier alpha value is -2.08. The van der Waals surface area contributed by atoms with E-state index in [1.54, 1.807) is 12.1 Å². The summed E-state index contributed by atoms with van der Waals surface area (Å²) < 4.78 is 5.47. The first-order valence-corrected chi connectivity index (χ1v) is 9.17. The Kier molecular flexibility index (Phi) is 7.73. The number of nitrogens with one attached hydrogen (secondary N) is 1. The van der Waals surface area contributed by atoms with Crippen molar-refractivity contribution in [2.75, 3.05) is 26.2 Å². The first kappa shape index (κ1) is 19.2. The number of nitrogens with zero attached hydrogens (tertiary/aromatic N) is 1. The van der Waals surface area contributed by atoms with Crippen LogP contribution in [-0.4, -0.2) is 49.0 Å². The van der Waals surface area contributed by atoms with Crippen LogP contribution in [-0.2, 0) is 4.79 Å². The van der Waals surface area contributed by atoms with Gasteiger partial charge in [0.2, 0.25) is 5.91 Å². The lowest BCUT2D eigenvalue weighted by atomic mass is 10.0. The second-order valence-corrected chi connectivity index (χ2v) is 6.26. The summed E-state index contributed by atoms with van der Waals surface area (Å²) in [5.41, 5.74) is 6.29. The van der Waals surface area contributed by atoms with Crippen LogP contribution < -0.4 is 15.8 Å². The molecule has 0 aromatic heterocycles. The third kappa shape index (κ3) is 5.46. The smallest absolute Gasteiger partial charge is 0.255 e. The van der Waals surface area contributed by atoms with Crippen LogP contribution in [0.4, 0.5) is 0 Å². The molecule has 6 heteroatoms. The van der Waals surface area contributed by atoms with Crippen molar-refractivity contribution in [3.63, 3.8) is 0 Å². The molecule has 138 valence electrons. The molecular weight excluding hydrogens is 318 g/mol. The highest BCUT2D eigenvalue weighted by atomic mass is 16.5. The van der Waals surface area contributed by atoms with Crippen molar-refractivity contribution in [1.29, 1.82) is 0 Å². The minimum absolute atomic E-state index is 0.138. The summed E-state index contributed by atoms with van der Waals surface area (Å²) in [5.74, 6) is 0.547. The van der Waals surface area contributed by atoms with Crippen molar-refractivity contribution >= 4 is 11.8 Å². The largest absolute Gasteiger partial charge is 0.493 e. The molecule has 1 fully saturated rings. The van der Waals surface area contributed by atoms with Crippen molar-refractivity contribution in [3.8, 4) is 5.75 Å². The summed E-state index contributed by atoms with van der Waals surface area (Å²) >= 11 is 0. The Morgan fingerprint density at radius 2 is 2.12 bits per heavy atom. The average Bonchev–Trinajstić information content (AvgIpc) is 2.65. The predicted octanol–water partition coefficient (Wildman–Crippen LogP) is 1.94. The lowest BCUT2D eigenvalue weighted by molar-refractivity contribution is -0.134. The van der Waals surface area contributed by atoms with Gasteiger partial charge in [0, 0.05) is 32.1 Å². The van der Waals surface area contributed by atoms with Crippen LogP contribution in [0.1, 0.15) is 49.4 Å². The molecule has 0 aliphatic carbocycles. The molecule has 0 radical (unpaired) electrons. The van der Waals surface area contributed by atoms with Crippen LogP contribution in [0.25, 0.3) is 0 Å². The fourth-order valence-corrected chi connectivity index (χ4v) is 3.19. The summed E-state index contributed by atoms with van der Waals surface area (Å²) in [4.78, 5) is 26.6. The van der Waals surface area contributed by atoms with Gasteiger partial charge in [-0.15, -0.1) is 0 Å². The first-order valence-electron chi connectivity index (χ1n) is 9.17. The zero-order valence-corrected chi connectivity index (χ0v) is 15.0. The number of carbonyl (C=O) groups excluding carboxylic acids is 2. The summed E-state index contributed by atoms with van der Waals surface area (Å²) in [5, 5.41) is 2.87. The van der Waals surface area contributed by atoms with E-state index in [1.165, 1.54) is 0 Å². The molecule has 0 spiro atoms. The fraction of sp³-hybridized carbons (Fsp3) is 0.579. The van der Waals surface area contributed by atoms with Gasteiger partial charge in [0.25, 0.3) is 5.91 Å². The topological polar surface area (TPSA) is 84.7 Å². The molecule has 1 saturated heterocycles. The average molecular weight is 347 g/mol. The summed E-state index contributed by atoms with van der Waals surface area (Å²) in [7, 11) is 0. The molecule has 3 N–H and O–H groups in total. The van der Waals surface area contributed by atoms with E-state index in [4.69, 9.17) is 10.5 Å². The van der Waals surface area contributed by atoms with E-state index in [0.29, 0.717) is 43.9 Å². The van der Waals surface area contributed by atoms with Gasteiger partial charge in [-0.3, -0.25) is 9.59 Å². The number of ether oxygens (including phenoxy) is 1. The van der Waals surface area contributed by atoms with Gasteiger partial charge in [-0.2, -0.15) is 0 Å². The molecule has 25 heavy (non-hydrogen) atoms. The maximum absolute atomic E-state index is 12.4. The second-order valence-electron chi connectivity index (χ2n) is 6.26. The lowest BCUT2D eigenvalue weighted by Gasteiger charge is -2.35. The highest BCUT2D eigenvalue weighted by Gasteiger charge is 2.24. The van der Waals surface area contributed by atoms with E-state index in [0.717, 1.165) is 25.8 Å². The monoisotopic (exact) mass is 347 g/mol. The Morgan fingerprint density at radius 1 is 1.32 bits per heavy atom. The van der Waals surface area contributed by atoms with Crippen LogP contribution >= 0.6 is 0 Å². The minimum atomic E-state index is -0.172. The number of hydrogen-bond donors (Lipinski definition) is 2. The van der Waals surface area contributed by atoms with E-state index in [9.17, 15) is 9.59 Å². The summed E-state index contributed by atoms with van der Waals surface area (Å²) in [6.07, 6.45) is 4.24. The number of piperidine rings is 1. The molecule has 2 amide bonds. The standard InChI is InChI=1S/C19H29N3O3/c1-2-25-17-10-4-3-9-16(17)19(24)21-12-7-11-18(23)22-13-6-5-8-15(22)14-20/h3-4,9-10,15H,2,5-8,11-14,20H2,1H3,(H,21,24). The molecule has 1 aliphatic heterocycles. The number of nitrogens with two attached hydrogens (primary N) is 1. The van der Waals surface area contributed by atoms with Crippen LogP contribution in [0.5, 0.6) is 5.75 Å². The Labute approximate surface area is 149 Å². The van der Waals surface area contributed by atoms with Crippen molar-refractivity contribution < 1.29 is 14.3 Å². The molecule has 1 heterocycles. The van der Waals surface area contributed by atoms with Gasteiger partial charge in [-0.25, -0.2) is 0 Å². The van der Waals surface area contributed by atoms with Gasteiger partial charge in [0.1, 0.15) is 5.75 Å². The number of likely N-dealkylation sites (tertiary alicyclic amines) is 1. The molecule has 1 aromatic carbocycles. The van der Waals surface area contributed by atoms with E-state index in [-0.39, 0.29) is 17.9 Å². The normalized spacial score (nSPS) is 17.2. The SMILES string of the molecule is CCOc1ccccc1C(=O)NCCCC(=O)N1CCCCC1CN. The Morgan fingerprint density at radius 3 is 2.88 bits per heavy atom. The lowest BCUT2D eigenvalue weighted by Crippen LogP contribution is -2.47. The van der Waals surface area contributed by atoms with Gasteiger partial charge in [0.05, 0.1) is 12.2 Å². The number of benzene rings is 1. The fourth-order valence-electron chi connectivity index (χ4n) is 3.19. The van der Waals surface area contributed by atoms with Crippen molar-refractivity contribution in [2.45, 2.75) is 45.1 Å². The van der Waals surface area contributed by atoms with Gasteiger partial charge in [0.15, 0.2) is 0 Å². The third-order valence-corrected chi connectivity index (χ3v) is 4.50. The first-order chi connectivity index (χ1) is 12.2. The van der Waals surface area contributed by atoms with Crippen LogP contribution in [0.3, 0.4) is 0 Å². The number of hydrogen-bond acceptors (Lipinski definition) is 4. The molecule has 0 bridgehead atoms. The van der Waals surface area contributed by atoms with E-state index in [1.807, 2.05) is 24.0 Å². The molecule has 1 aliphatic rings. The second kappa shape index (κ2) is 10.0. The van der Waals surface area contributed by atoms with Gasteiger partial charge in [-0.1, -0.05) is 12.1 Å². The number of amides is 2. The molecule has 1 atom stereocenters. The van der Waals surface area contributed by atoms with E-state index < -0.39 is 0 Å². The van der Waals surface area contributed by atoms with E-state index in [2.05, 4.69) is 5.32 Å². The van der Waals surface area contributed by atoms with Crippen molar-refractivity contribution in [2.24, 2.45) is 5.73 Å². The number of carbonyl (C=O) groups is 2. The quantitative estimate of drug-likeness (QED) is 0.704. The third-order valence-electron chi connectivity index (χ3n) is 4.50. The highest BCUT2D eigenvalue weighted by molar-refractivity contribution is 5.96. The molecule has 2 rings (SSSR count). The van der Waals surface area contributed by atoms with E-state index >= 15 is 0 Å². The van der Waals surface area contributed by atoms with Crippen LogP contribution in [0.2, 0.25) is 0 Å². The summed E-state index contributed by atoms with van der Waals surface area (Å²) in [6.45, 7) is 4.18. The van der Waals surface area contributed by atoms with Crippen molar-refractivity contribution in [1.82, 2.24) is 10.2 Å². The maximum atomic E-state index is 12.4. The molecule has 6 nitrogen and oxygen atoms in total. The Balaban J connectivity index is 1.77. The zero-order valence-electron chi connectivity index (χ0n) is 15.0. The zero-order chi connectivity index (χ0) is 18.1. The summed E-state index contributed by atoms with van der Waals surface area (Å²) in [6, 6.07) is 7.35. The maximum Gasteiger partial charge on any atom is 0.255 e. The van der Waals surface area contributed by atoms with Crippen molar-refractivity contribution in [3.05, 3.63) is 29.8 Å². The van der Waals surface area contributed by atoms with Crippen LogP contribution in [0.15, 0.2) is 24.3 Å². The minimum Gasteiger partial charge on any atom is -0.493 e. The van der Waals surface area contributed by atoms with Gasteiger partial charge >= 0.3 is 0 Å². The highest BCUT2D eigenvalue weighted by Crippen LogP contribution is 2.18. The molecular formula is C19H29N3O3. The number of rotatable bonds is 8. The van der Waals surface area contributed by atoms with Crippen LogP contribution in [0, 0.1) is 0 Å². The molecule has 1 unspecified atom stereocenters. The predicted molar refractivity (Wildman–Crippen MR) is 97.6 cm³/mol. The van der Waals surface area contributed by atoms with Gasteiger partial charge in [-0.05, 0) is 44.7 Å². The molecule has 1 aromatic rings. The van der Waals surface area contributed by atoms with Gasteiger partial charge < -0.3 is 20.7 Å².